The molecule has 1 aliphatic rings. The molecule has 1 fully saturated rings. The third-order valence-electron chi connectivity index (χ3n) is 3.68. The predicted molar refractivity (Wildman–Crippen MR) is 72.0 cm³/mol. The third-order valence-corrected chi connectivity index (χ3v) is 3.68. The Kier molecular flexibility index (Phi) is 4.53. The van der Waals surface area contributed by atoms with E-state index in [1.807, 2.05) is 6.92 Å². The fraction of sp³-hybridized carbons (Fsp3) is 0.714. The summed E-state index contributed by atoms with van der Waals surface area (Å²) in [4.78, 5) is 8.54. The van der Waals surface area contributed by atoms with E-state index in [1.54, 1.807) is 6.07 Å². The molecule has 1 aromatic rings. The lowest BCUT2D eigenvalue weighted by atomic mass is 9.85. The van der Waals surface area contributed by atoms with E-state index in [1.165, 1.54) is 25.7 Å². The predicted octanol–water partition coefficient (Wildman–Crippen LogP) is 2.85. The number of nitrogens with zero attached hydrogens (tertiary/aromatic N) is 2. The number of anilines is 1. The van der Waals surface area contributed by atoms with E-state index in [0.29, 0.717) is 24.4 Å². The van der Waals surface area contributed by atoms with Crippen molar-refractivity contribution in [2.24, 2.45) is 5.92 Å². The first-order chi connectivity index (χ1) is 8.67. The maximum absolute atomic E-state index is 5.93. The number of hydrogen-bond acceptors (Lipinski definition) is 4. The molecule has 2 atom stereocenters. The lowest BCUT2D eigenvalue weighted by Gasteiger charge is -2.28. The third kappa shape index (κ3) is 3.67. The van der Waals surface area contributed by atoms with E-state index in [9.17, 15) is 0 Å². The molecular weight excluding hydrogens is 226 g/mol. The molecule has 2 unspecified atom stereocenters. The maximum atomic E-state index is 5.93. The van der Waals surface area contributed by atoms with Gasteiger partial charge >= 0.3 is 0 Å². The number of ether oxygens (including phenoxy) is 1. The standard InChI is InChI=1S/C14H23N3O/c1-3-11-5-4-6-12(8-11)18-9-14-16-10(2)7-13(15)17-14/h7,11-12H,3-6,8-9H2,1-2H3,(H2,15,16,17). The zero-order valence-electron chi connectivity index (χ0n) is 11.4. The van der Waals surface area contributed by atoms with Gasteiger partial charge in [0.1, 0.15) is 12.4 Å². The van der Waals surface area contributed by atoms with Crippen LogP contribution in [0.2, 0.25) is 0 Å². The fourth-order valence-corrected chi connectivity index (χ4v) is 2.68. The van der Waals surface area contributed by atoms with Crippen molar-refractivity contribution in [2.75, 3.05) is 5.73 Å². The molecule has 0 spiro atoms. The van der Waals surface area contributed by atoms with Crippen molar-refractivity contribution in [1.29, 1.82) is 0 Å². The number of aromatic nitrogens is 2. The molecule has 2 N–H and O–H groups in total. The second kappa shape index (κ2) is 6.14. The molecule has 1 aromatic heterocycles. The van der Waals surface area contributed by atoms with Gasteiger partial charge in [-0.25, -0.2) is 9.97 Å². The lowest BCUT2D eigenvalue weighted by molar-refractivity contribution is -0.00121. The summed E-state index contributed by atoms with van der Waals surface area (Å²) in [7, 11) is 0. The SMILES string of the molecule is CCC1CCCC(OCc2nc(C)cc(N)n2)C1. The summed E-state index contributed by atoms with van der Waals surface area (Å²) in [5.74, 6) is 2.05. The average molecular weight is 249 g/mol. The van der Waals surface area contributed by atoms with Crippen molar-refractivity contribution in [3.8, 4) is 0 Å². The summed E-state index contributed by atoms with van der Waals surface area (Å²) in [6.07, 6.45) is 6.60. The molecule has 0 bridgehead atoms. The minimum absolute atomic E-state index is 0.369. The topological polar surface area (TPSA) is 61.0 Å². The van der Waals surface area contributed by atoms with Gasteiger partial charge in [0.25, 0.3) is 0 Å². The molecule has 1 heterocycles. The van der Waals surface area contributed by atoms with Crippen molar-refractivity contribution < 1.29 is 4.74 Å². The number of hydrogen-bond donors (Lipinski definition) is 1. The van der Waals surface area contributed by atoms with Crippen LogP contribution in [0, 0.1) is 12.8 Å². The average Bonchev–Trinajstić information content (AvgIpc) is 2.35. The lowest BCUT2D eigenvalue weighted by Crippen LogP contribution is -2.23. The maximum Gasteiger partial charge on any atom is 0.156 e. The van der Waals surface area contributed by atoms with Crippen LogP contribution in [-0.2, 0) is 11.3 Å². The van der Waals surface area contributed by atoms with Gasteiger partial charge in [-0.15, -0.1) is 0 Å². The summed E-state index contributed by atoms with van der Waals surface area (Å²) in [5.41, 5.74) is 6.60. The first-order valence-electron chi connectivity index (χ1n) is 6.89. The van der Waals surface area contributed by atoms with Crippen LogP contribution in [0.4, 0.5) is 5.82 Å². The molecule has 4 heteroatoms. The van der Waals surface area contributed by atoms with E-state index in [-0.39, 0.29) is 0 Å². The number of rotatable bonds is 4. The molecule has 100 valence electrons. The monoisotopic (exact) mass is 249 g/mol. The quantitative estimate of drug-likeness (QED) is 0.891. The summed E-state index contributed by atoms with van der Waals surface area (Å²) < 4.78 is 5.93. The molecule has 1 saturated carbocycles. The summed E-state index contributed by atoms with van der Waals surface area (Å²) in [5, 5.41) is 0. The zero-order chi connectivity index (χ0) is 13.0. The van der Waals surface area contributed by atoms with Crippen molar-refractivity contribution >= 4 is 5.82 Å². The van der Waals surface area contributed by atoms with Gasteiger partial charge in [0.2, 0.25) is 0 Å². The van der Waals surface area contributed by atoms with Crippen LogP contribution in [0.3, 0.4) is 0 Å². The Morgan fingerprint density at radius 3 is 2.94 bits per heavy atom. The van der Waals surface area contributed by atoms with Crippen LogP contribution < -0.4 is 5.73 Å². The van der Waals surface area contributed by atoms with Gasteiger partial charge in [0, 0.05) is 11.8 Å². The van der Waals surface area contributed by atoms with Gasteiger partial charge in [-0.3, -0.25) is 0 Å². The van der Waals surface area contributed by atoms with Gasteiger partial charge in [0.15, 0.2) is 5.82 Å². The molecule has 0 amide bonds. The molecule has 0 aromatic carbocycles. The van der Waals surface area contributed by atoms with E-state index in [2.05, 4.69) is 16.9 Å². The Hall–Kier alpha value is -1.16. The molecule has 0 radical (unpaired) electrons. The highest BCUT2D eigenvalue weighted by Gasteiger charge is 2.21. The molecule has 2 rings (SSSR count). The Morgan fingerprint density at radius 2 is 2.22 bits per heavy atom. The van der Waals surface area contributed by atoms with Crippen molar-refractivity contribution in [1.82, 2.24) is 9.97 Å². The summed E-state index contributed by atoms with van der Waals surface area (Å²) in [6.45, 7) is 4.67. The smallest absolute Gasteiger partial charge is 0.156 e. The highest BCUT2D eigenvalue weighted by Crippen LogP contribution is 2.28. The van der Waals surface area contributed by atoms with Gasteiger partial charge in [0.05, 0.1) is 6.10 Å². The van der Waals surface area contributed by atoms with Crippen LogP contribution >= 0.6 is 0 Å². The van der Waals surface area contributed by atoms with Crippen molar-refractivity contribution in [3.05, 3.63) is 17.6 Å². The highest BCUT2D eigenvalue weighted by atomic mass is 16.5. The van der Waals surface area contributed by atoms with Gasteiger partial charge in [-0.1, -0.05) is 26.2 Å². The first-order valence-corrected chi connectivity index (χ1v) is 6.89. The van der Waals surface area contributed by atoms with Gasteiger partial charge in [-0.2, -0.15) is 0 Å². The van der Waals surface area contributed by atoms with Crippen LogP contribution in [0.15, 0.2) is 6.07 Å². The van der Waals surface area contributed by atoms with Gasteiger partial charge in [-0.05, 0) is 25.7 Å². The number of nitrogen functional groups attached to an aromatic ring is 1. The first kappa shape index (κ1) is 13.3. The van der Waals surface area contributed by atoms with E-state index in [4.69, 9.17) is 10.5 Å². The van der Waals surface area contributed by atoms with Crippen molar-refractivity contribution in [3.63, 3.8) is 0 Å². The largest absolute Gasteiger partial charge is 0.384 e. The van der Waals surface area contributed by atoms with Crippen LogP contribution in [-0.4, -0.2) is 16.1 Å². The Labute approximate surface area is 109 Å². The normalized spacial score (nSPS) is 24.1. The Balaban J connectivity index is 1.87. The van der Waals surface area contributed by atoms with Crippen LogP contribution in [0.5, 0.6) is 0 Å². The molecule has 0 saturated heterocycles. The molecular formula is C14H23N3O. The second-order valence-corrected chi connectivity index (χ2v) is 5.22. The minimum atomic E-state index is 0.369. The van der Waals surface area contributed by atoms with Crippen LogP contribution in [0.1, 0.15) is 50.5 Å². The van der Waals surface area contributed by atoms with E-state index < -0.39 is 0 Å². The Morgan fingerprint density at radius 1 is 1.39 bits per heavy atom. The fourth-order valence-electron chi connectivity index (χ4n) is 2.68. The second-order valence-electron chi connectivity index (χ2n) is 5.22. The number of nitrogens with two attached hydrogens (primary N) is 1. The summed E-state index contributed by atoms with van der Waals surface area (Å²) in [6, 6.07) is 1.78. The highest BCUT2D eigenvalue weighted by molar-refractivity contribution is 5.28. The van der Waals surface area contributed by atoms with Crippen molar-refractivity contribution in [2.45, 2.75) is 58.7 Å². The molecule has 0 aliphatic heterocycles. The summed E-state index contributed by atoms with van der Waals surface area (Å²) >= 11 is 0. The van der Waals surface area contributed by atoms with E-state index in [0.717, 1.165) is 18.0 Å². The zero-order valence-corrected chi connectivity index (χ0v) is 11.4. The van der Waals surface area contributed by atoms with Gasteiger partial charge < -0.3 is 10.5 Å². The van der Waals surface area contributed by atoms with E-state index >= 15 is 0 Å². The Bertz CT molecular complexity index is 374. The van der Waals surface area contributed by atoms with Crippen LogP contribution in [0.25, 0.3) is 0 Å². The molecule has 18 heavy (non-hydrogen) atoms. The number of aryl methyl sites for hydroxylation is 1. The minimum Gasteiger partial charge on any atom is -0.384 e. The molecule has 4 nitrogen and oxygen atoms in total. The molecule has 1 aliphatic carbocycles.